The summed E-state index contributed by atoms with van der Waals surface area (Å²) in [5.74, 6) is 0.635. The van der Waals surface area contributed by atoms with Gasteiger partial charge in [-0.15, -0.1) is 0 Å². The highest BCUT2D eigenvalue weighted by Gasteiger charge is 2.31. The molecule has 2 fully saturated rings. The number of hydrogen-bond acceptors (Lipinski definition) is 5. The van der Waals surface area contributed by atoms with Gasteiger partial charge in [0.2, 0.25) is 5.91 Å². The maximum absolute atomic E-state index is 11.9. The first-order valence-corrected chi connectivity index (χ1v) is 9.22. The first-order chi connectivity index (χ1) is 12.7. The Hall–Kier alpha value is -2.65. The average molecular weight is 349 g/mol. The van der Waals surface area contributed by atoms with Crippen molar-refractivity contribution in [1.82, 2.24) is 15.6 Å². The minimum atomic E-state index is -0.0773. The van der Waals surface area contributed by atoms with E-state index in [1.165, 1.54) is 0 Å². The van der Waals surface area contributed by atoms with Crippen molar-refractivity contribution < 1.29 is 4.79 Å². The molecule has 2 saturated heterocycles. The molecule has 0 radical (unpaired) electrons. The smallest absolute Gasteiger partial charge is 0.237 e. The normalized spacial score (nSPS) is 25.9. The van der Waals surface area contributed by atoms with E-state index in [1.807, 2.05) is 24.3 Å². The van der Waals surface area contributed by atoms with Gasteiger partial charge in [0, 0.05) is 42.9 Å². The van der Waals surface area contributed by atoms with Gasteiger partial charge >= 0.3 is 0 Å². The minimum Gasteiger partial charge on any atom is -0.369 e. The van der Waals surface area contributed by atoms with Gasteiger partial charge in [-0.2, -0.15) is 5.26 Å². The number of nitrogens with one attached hydrogen (secondary N) is 2. The van der Waals surface area contributed by atoms with Gasteiger partial charge in [0.1, 0.15) is 6.07 Å². The highest BCUT2D eigenvalue weighted by Crippen LogP contribution is 2.31. The number of piperidine rings is 1. The van der Waals surface area contributed by atoms with E-state index in [0.29, 0.717) is 11.5 Å². The number of pyridine rings is 1. The van der Waals surface area contributed by atoms with Crippen LogP contribution in [0.15, 0.2) is 30.5 Å². The number of benzene rings is 1. The highest BCUT2D eigenvalue weighted by atomic mass is 16.2. The van der Waals surface area contributed by atoms with E-state index in [4.69, 9.17) is 0 Å². The zero-order valence-corrected chi connectivity index (χ0v) is 14.9. The maximum Gasteiger partial charge on any atom is 0.237 e. The van der Waals surface area contributed by atoms with Crippen LogP contribution in [0.1, 0.15) is 25.3 Å². The Morgan fingerprint density at radius 2 is 2.23 bits per heavy atom. The Bertz CT molecular complexity index is 874. The number of fused-ring (bicyclic) bond motifs is 1. The van der Waals surface area contributed by atoms with Crippen LogP contribution in [0.5, 0.6) is 0 Å². The van der Waals surface area contributed by atoms with Crippen LogP contribution in [-0.4, -0.2) is 42.6 Å². The molecule has 2 aliphatic heterocycles. The van der Waals surface area contributed by atoms with E-state index in [-0.39, 0.29) is 18.0 Å². The van der Waals surface area contributed by atoms with Crippen LogP contribution >= 0.6 is 0 Å². The van der Waals surface area contributed by atoms with E-state index < -0.39 is 0 Å². The Balaban J connectivity index is 1.62. The zero-order chi connectivity index (χ0) is 18.1. The maximum atomic E-state index is 11.9. The molecule has 2 N–H and O–H groups in total. The fraction of sp³-hybridized carbons (Fsp3) is 0.450. The molecule has 2 aromatic rings. The van der Waals surface area contributed by atoms with Crippen LogP contribution in [0.25, 0.3) is 10.9 Å². The third kappa shape index (κ3) is 3.11. The van der Waals surface area contributed by atoms with E-state index in [2.05, 4.69) is 33.5 Å². The van der Waals surface area contributed by atoms with Crippen molar-refractivity contribution >= 4 is 22.5 Å². The Kier molecular flexibility index (Phi) is 4.48. The molecule has 3 atom stereocenters. The van der Waals surface area contributed by atoms with Crippen molar-refractivity contribution in [1.29, 1.82) is 5.26 Å². The lowest BCUT2D eigenvalue weighted by atomic mass is 9.94. The summed E-state index contributed by atoms with van der Waals surface area (Å²) in [6.45, 7) is 4.82. The van der Waals surface area contributed by atoms with Crippen molar-refractivity contribution in [3.05, 3.63) is 36.0 Å². The van der Waals surface area contributed by atoms with Gasteiger partial charge in [0.25, 0.3) is 0 Å². The molecule has 26 heavy (non-hydrogen) atoms. The summed E-state index contributed by atoms with van der Waals surface area (Å²) in [5, 5.41) is 16.8. The molecule has 1 amide bonds. The van der Waals surface area contributed by atoms with Gasteiger partial charge < -0.3 is 15.5 Å². The number of amides is 1. The lowest BCUT2D eigenvalue weighted by Crippen LogP contribution is -2.53. The quantitative estimate of drug-likeness (QED) is 0.883. The average Bonchev–Trinajstić information content (AvgIpc) is 3.05. The molecule has 0 bridgehead atoms. The lowest BCUT2D eigenvalue weighted by molar-refractivity contribution is -0.121. The Morgan fingerprint density at radius 1 is 1.35 bits per heavy atom. The number of nitriles is 1. The first kappa shape index (κ1) is 16.8. The monoisotopic (exact) mass is 349 g/mol. The standard InChI is InChI=1S/C20H23N5O/c1-13-9-15(24-17-6-8-23-20(17)26)12-25(11-13)18-5-4-14(10-21)19-16(18)3-2-7-22-19/h2-5,7,13,15,17,24H,6,8-9,11-12H2,1H3,(H,23,26)/t13-,15+,17?/m0/s1. The summed E-state index contributed by atoms with van der Waals surface area (Å²) in [5.41, 5.74) is 2.47. The van der Waals surface area contributed by atoms with Gasteiger partial charge in [0.05, 0.1) is 17.1 Å². The summed E-state index contributed by atoms with van der Waals surface area (Å²) in [6.07, 6.45) is 3.65. The van der Waals surface area contributed by atoms with Crippen molar-refractivity contribution in [3.63, 3.8) is 0 Å². The van der Waals surface area contributed by atoms with Gasteiger partial charge in [0.15, 0.2) is 0 Å². The topological polar surface area (TPSA) is 81.0 Å². The minimum absolute atomic E-state index is 0.0773. The van der Waals surface area contributed by atoms with Crippen LogP contribution in [-0.2, 0) is 4.79 Å². The van der Waals surface area contributed by atoms with Crippen LogP contribution in [0.2, 0.25) is 0 Å². The molecule has 2 aliphatic rings. The fourth-order valence-corrected chi connectivity index (χ4v) is 4.23. The second-order valence-corrected chi connectivity index (χ2v) is 7.39. The molecule has 3 heterocycles. The predicted molar refractivity (Wildman–Crippen MR) is 101 cm³/mol. The second kappa shape index (κ2) is 6.93. The van der Waals surface area contributed by atoms with Crippen LogP contribution in [0, 0.1) is 17.2 Å². The van der Waals surface area contributed by atoms with Crippen molar-refractivity contribution in [2.24, 2.45) is 5.92 Å². The summed E-state index contributed by atoms with van der Waals surface area (Å²) >= 11 is 0. The van der Waals surface area contributed by atoms with E-state index in [0.717, 1.165) is 49.1 Å². The molecular formula is C20H23N5O. The molecule has 1 unspecified atom stereocenters. The predicted octanol–water partition coefficient (Wildman–Crippen LogP) is 1.80. The summed E-state index contributed by atoms with van der Waals surface area (Å²) in [4.78, 5) is 18.7. The zero-order valence-electron chi connectivity index (χ0n) is 14.9. The molecular weight excluding hydrogens is 326 g/mol. The van der Waals surface area contributed by atoms with Gasteiger partial charge in [-0.3, -0.25) is 9.78 Å². The van der Waals surface area contributed by atoms with Crippen molar-refractivity contribution in [2.45, 2.75) is 31.8 Å². The molecule has 134 valence electrons. The first-order valence-electron chi connectivity index (χ1n) is 9.22. The Morgan fingerprint density at radius 3 is 3.00 bits per heavy atom. The molecule has 0 aliphatic carbocycles. The lowest BCUT2D eigenvalue weighted by Gasteiger charge is -2.39. The second-order valence-electron chi connectivity index (χ2n) is 7.39. The Labute approximate surface area is 153 Å². The van der Waals surface area contributed by atoms with Crippen LogP contribution in [0.4, 0.5) is 5.69 Å². The van der Waals surface area contributed by atoms with E-state index in [1.54, 1.807) is 6.20 Å². The summed E-state index contributed by atoms with van der Waals surface area (Å²) in [6, 6.07) is 10.3. The van der Waals surface area contributed by atoms with Gasteiger partial charge in [-0.1, -0.05) is 6.92 Å². The number of carbonyl (C=O) groups is 1. The molecule has 0 spiro atoms. The molecule has 6 heteroatoms. The fourth-order valence-electron chi connectivity index (χ4n) is 4.23. The number of carbonyl (C=O) groups excluding carboxylic acids is 1. The third-order valence-corrected chi connectivity index (χ3v) is 5.35. The SMILES string of the molecule is C[C@H]1C[C@@H](NC2CCNC2=O)CN(c2ccc(C#N)c3ncccc23)C1. The molecule has 1 aromatic heterocycles. The molecule has 0 saturated carbocycles. The number of rotatable bonds is 3. The molecule has 1 aromatic carbocycles. The van der Waals surface area contributed by atoms with Crippen LogP contribution in [0.3, 0.4) is 0 Å². The third-order valence-electron chi connectivity index (χ3n) is 5.35. The number of hydrogen-bond donors (Lipinski definition) is 2. The van der Waals surface area contributed by atoms with E-state index >= 15 is 0 Å². The van der Waals surface area contributed by atoms with Crippen molar-refractivity contribution in [3.8, 4) is 6.07 Å². The summed E-state index contributed by atoms with van der Waals surface area (Å²) in [7, 11) is 0. The summed E-state index contributed by atoms with van der Waals surface area (Å²) < 4.78 is 0. The largest absolute Gasteiger partial charge is 0.369 e. The molecule has 4 rings (SSSR count). The van der Waals surface area contributed by atoms with Gasteiger partial charge in [-0.25, -0.2) is 0 Å². The van der Waals surface area contributed by atoms with Gasteiger partial charge in [-0.05, 0) is 43.0 Å². The van der Waals surface area contributed by atoms with Crippen molar-refractivity contribution in [2.75, 3.05) is 24.5 Å². The molecule has 6 nitrogen and oxygen atoms in total. The highest BCUT2D eigenvalue weighted by molar-refractivity contribution is 5.95. The van der Waals surface area contributed by atoms with E-state index in [9.17, 15) is 10.1 Å². The number of nitrogens with zero attached hydrogens (tertiary/aromatic N) is 3. The van der Waals surface area contributed by atoms with Crippen LogP contribution < -0.4 is 15.5 Å². The number of anilines is 1. The number of aromatic nitrogens is 1.